The number of hydrogen-bond donors (Lipinski definition) is 1. The topological polar surface area (TPSA) is 72.8 Å². The Morgan fingerprint density at radius 3 is 0.677 bits per heavy atom. The maximum absolute atomic E-state index is 12.3. The second-order valence-electron chi connectivity index (χ2n) is 20.8. The van der Waals surface area contributed by atoms with Crippen LogP contribution >= 0.6 is 0 Å². The van der Waals surface area contributed by atoms with Crippen LogP contribution in [0.5, 0.6) is 0 Å². The molecule has 0 heterocycles. The number of hydrogen-bond acceptors (Lipinski definition) is 5. The van der Waals surface area contributed by atoms with Crippen LogP contribution in [0.3, 0.4) is 0 Å². The third-order valence-corrected chi connectivity index (χ3v) is 14.2. The van der Waals surface area contributed by atoms with Crippen molar-refractivity contribution in [3.05, 3.63) is 0 Å². The van der Waals surface area contributed by atoms with Crippen LogP contribution in [-0.2, 0) is 19.1 Å². The molecule has 65 heavy (non-hydrogen) atoms. The highest BCUT2D eigenvalue weighted by Crippen LogP contribution is 2.19. The molecule has 388 valence electrons. The van der Waals surface area contributed by atoms with Gasteiger partial charge in [0.1, 0.15) is 6.61 Å². The predicted octanol–water partition coefficient (Wildman–Crippen LogP) is 20.1. The number of ether oxygens (including phenoxy) is 2. The van der Waals surface area contributed by atoms with Crippen LogP contribution in [0.4, 0.5) is 0 Å². The molecule has 0 saturated heterocycles. The second kappa shape index (κ2) is 57.2. The van der Waals surface area contributed by atoms with Crippen molar-refractivity contribution in [2.24, 2.45) is 0 Å². The summed E-state index contributed by atoms with van der Waals surface area (Å²) in [7, 11) is 0. The number of aliphatic hydroxyl groups excluding tert-OH is 1. The summed E-state index contributed by atoms with van der Waals surface area (Å²) >= 11 is 0. The minimum Gasteiger partial charge on any atom is -0.462 e. The quantitative estimate of drug-likeness (QED) is 0.0486. The van der Waals surface area contributed by atoms with Crippen molar-refractivity contribution < 1.29 is 24.2 Å². The maximum atomic E-state index is 12.3. The van der Waals surface area contributed by atoms with Gasteiger partial charge in [0.2, 0.25) is 0 Å². The second-order valence-corrected chi connectivity index (χ2v) is 20.8. The Morgan fingerprint density at radius 2 is 0.477 bits per heavy atom. The summed E-state index contributed by atoms with van der Waals surface area (Å²) in [5.41, 5.74) is 0. The summed E-state index contributed by atoms with van der Waals surface area (Å²) < 4.78 is 10.7. The Hall–Kier alpha value is -1.10. The number of carbonyl (C=O) groups excluding carboxylic acids is 2. The first kappa shape index (κ1) is 63.9. The fraction of sp³-hybridized carbons (Fsp3) is 0.967. The minimum atomic E-state index is -0.763. The van der Waals surface area contributed by atoms with Crippen LogP contribution in [-0.4, -0.2) is 36.4 Å². The van der Waals surface area contributed by atoms with E-state index in [0.717, 1.165) is 32.1 Å². The molecule has 1 unspecified atom stereocenters. The van der Waals surface area contributed by atoms with Gasteiger partial charge in [0.05, 0.1) is 6.61 Å². The average molecular weight is 920 g/mol. The molecule has 0 aromatic carbocycles. The molecule has 0 fully saturated rings. The van der Waals surface area contributed by atoms with Gasteiger partial charge < -0.3 is 14.6 Å². The van der Waals surface area contributed by atoms with E-state index in [1.54, 1.807) is 0 Å². The van der Waals surface area contributed by atoms with Crippen molar-refractivity contribution in [1.29, 1.82) is 0 Å². The molecule has 0 bridgehead atoms. The Kier molecular flexibility index (Phi) is 56.3. The molecular weight excluding hydrogens is 801 g/mol. The smallest absolute Gasteiger partial charge is 0.306 e. The molecule has 0 saturated carbocycles. The van der Waals surface area contributed by atoms with Crippen molar-refractivity contribution in [3.8, 4) is 0 Å². The third kappa shape index (κ3) is 55.4. The molecule has 0 aromatic heterocycles. The first-order valence-electron chi connectivity index (χ1n) is 30.1. The normalized spacial score (nSPS) is 12.0. The molecule has 0 radical (unpaired) electrons. The van der Waals surface area contributed by atoms with Gasteiger partial charge >= 0.3 is 11.9 Å². The molecule has 1 atom stereocenters. The van der Waals surface area contributed by atoms with Crippen LogP contribution in [0.25, 0.3) is 0 Å². The van der Waals surface area contributed by atoms with E-state index in [2.05, 4.69) is 13.8 Å². The van der Waals surface area contributed by atoms with Crippen LogP contribution < -0.4 is 0 Å². The van der Waals surface area contributed by atoms with Gasteiger partial charge in [-0.25, -0.2) is 0 Å². The summed E-state index contributed by atoms with van der Waals surface area (Å²) in [5.74, 6) is -0.568. The number of rotatable bonds is 57. The summed E-state index contributed by atoms with van der Waals surface area (Å²) in [6.45, 7) is 4.19. The molecule has 0 aliphatic carbocycles. The lowest BCUT2D eigenvalue weighted by Gasteiger charge is -2.15. The predicted molar refractivity (Wildman–Crippen MR) is 284 cm³/mol. The number of esters is 2. The monoisotopic (exact) mass is 919 g/mol. The fourth-order valence-electron chi connectivity index (χ4n) is 9.62. The summed E-state index contributed by atoms with van der Waals surface area (Å²) in [6, 6.07) is 0. The third-order valence-electron chi connectivity index (χ3n) is 14.2. The molecule has 0 rings (SSSR count). The molecular formula is C60H118O5. The van der Waals surface area contributed by atoms with E-state index in [1.165, 1.54) is 295 Å². The lowest BCUT2D eigenvalue weighted by Crippen LogP contribution is -2.28. The fourth-order valence-corrected chi connectivity index (χ4v) is 9.62. The van der Waals surface area contributed by atoms with E-state index in [9.17, 15) is 14.7 Å². The Balaban J connectivity index is 3.30. The molecule has 0 spiro atoms. The van der Waals surface area contributed by atoms with Crippen molar-refractivity contribution in [1.82, 2.24) is 0 Å². The molecule has 1 N–H and O–H groups in total. The van der Waals surface area contributed by atoms with Gasteiger partial charge in [0.25, 0.3) is 0 Å². The molecule has 0 amide bonds. The highest BCUT2D eigenvalue weighted by atomic mass is 16.6. The first-order chi connectivity index (χ1) is 32.1. The molecule has 5 heteroatoms. The van der Waals surface area contributed by atoms with Gasteiger partial charge in [-0.1, -0.05) is 328 Å². The number of unbranched alkanes of at least 4 members (excludes halogenated alkanes) is 49. The molecule has 0 aromatic rings. The summed E-state index contributed by atoms with van der Waals surface area (Å²) in [4.78, 5) is 24.4. The Labute approximate surface area is 408 Å². The Morgan fingerprint density at radius 1 is 0.292 bits per heavy atom. The van der Waals surface area contributed by atoms with Crippen LogP contribution in [0.1, 0.15) is 354 Å². The van der Waals surface area contributed by atoms with Crippen molar-refractivity contribution in [3.63, 3.8) is 0 Å². The van der Waals surface area contributed by atoms with Gasteiger partial charge in [-0.15, -0.1) is 0 Å². The highest BCUT2D eigenvalue weighted by Gasteiger charge is 2.16. The SMILES string of the molecule is CCCCCCCCCCCCCCCCCCCCCCCCCCCCCCCCCCCCCCCCCC(=O)OC(CO)COC(=O)CCCCCCCCCCCCCC. The van der Waals surface area contributed by atoms with Crippen LogP contribution in [0.15, 0.2) is 0 Å². The van der Waals surface area contributed by atoms with Gasteiger partial charge in [-0.05, 0) is 12.8 Å². The van der Waals surface area contributed by atoms with Crippen LogP contribution in [0.2, 0.25) is 0 Å². The number of carbonyl (C=O) groups is 2. The van der Waals surface area contributed by atoms with Gasteiger partial charge in [-0.3, -0.25) is 9.59 Å². The lowest BCUT2D eigenvalue weighted by atomic mass is 10.0. The largest absolute Gasteiger partial charge is 0.462 e. The van der Waals surface area contributed by atoms with E-state index in [4.69, 9.17) is 9.47 Å². The van der Waals surface area contributed by atoms with Crippen molar-refractivity contribution in [2.75, 3.05) is 13.2 Å². The zero-order chi connectivity index (χ0) is 47.0. The standard InChI is InChI=1S/C60H118O5/c1-3-5-7-9-11-13-15-17-18-19-20-21-22-23-24-25-26-27-28-29-30-31-32-33-34-35-36-37-38-39-40-41-42-43-45-47-49-51-53-55-60(63)65-58(56-61)57-64-59(62)54-52-50-48-46-44-16-14-12-10-8-6-4-2/h58,61H,3-57H2,1-2H3. The van der Waals surface area contributed by atoms with Gasteiger partial charge in [-0.2, -0.15) is 0 Å². The van der Waals surface area contributed by atoms with Gasteiger partial charge in [0.15, 0.2) is 6.10 Å². The molecule has 5 nitrogen and oxygen atoms in total. The average Bonchev–Trinajstić information content (AvgIpc) is 3.31. The zero-order valence-electron chi connectivity index (χ0n) is 44.5. The molecule has 0 aliphatic heterocycles. The van der Waals surface area contributed by atoms with E-state index in [1.807, 2.05) is 0 Å². The molecule has 0 aliphatic rings. The van der Waals surface area contributed by atoms with E-state index in [-0.39, 0.29) is 25.2 Å². The van der Waals surface area contributed by atoms with Crippen molar-refractivity contribution in [2.45, 2.75) is 360 Å². The zero-order valence-corrected chi connectivity index (χ0v) is 44.5. The number of aliphatic hydroxyl groups is 1. The maximum Gasteiger partial charge on any atom is 0.306 e. The van der Waals surface area contributed by atoms with Gasteiger partial charge in [0, 0.05) is 12.8 Å². The first-order valence-corrected chi connectivity index (χ1v) is 30.1. The lowest BCUT2D eigenvalue weighted by molar-refractivity contribution is -0.161. The summed E-state index contributed by atoms with van der Waals surface area (Å²) in [5, 5.41) is 9.62. The summed E-state index contributed by atoms with van der Waals surface area (Å²) in [6.07, 6.45) is 69.9. The van der Waals surface area contributed by atoms with Crippen LogP contribution in [0, 0.1) is 0 Å². The highest BCUT2D eigenvalue weighted by molar-refractivity contribution is 5.70. The van der Waals surface area contributed by atoms with E-state index < -0.39 is 6.10 Å². The van der Waals surface area contributed by atoms with E-state index >= 15 is 0 Å². The van der Waals surface area contributed by atoms with E-state index in [0.29, 0.717) is 12.8 Å². The Bertz CT molecular complexity index is 906. The van der Waals surface area contributed by atoms with Crippen molar-refractivity contribution >= 4 is 11.9 Å². The minimum absolute atomic E-state index is 0.0565.